The number of aliphatic carboxylic acids is 1. The van der Waals surface area contributed by atoms with Crippen LogP contribution in [0, 0.1) is 11.8 Å². The van der Waals surface area contributed by atoms with E-state index in [1.54, 1.807) is 0 Å². The Bertz CT molecular complexity index is 591. The van der Waals surface area contributed by atoms with E-state index >= 15 is 0 Å². The molecule has 0 saturated heterocycles. The van der Waals surface area contributed by atoms with Crippen molar-refractivity contribution in [2.24, 2.45) is 22.7 Å². The fourth-order valence-corrected chi connectivity index (χ4v) is 3.66. The average molecular weight is 429 g/mol. The van der Waals surface area contributed by atoms with Gasteiger partial charge in [0.1, 0.15) is 5.54 Å². The van der Waals surface area contributed by atoms with Crippen LogP contribution in [0.4, 0.5) is 0 Å². The number of carbonyl (C=O) groups excluding carboxylic acids is 1. The molecule has 12 nitrogen and oxygen atoms in total. The van der Waals surface area contributed by atoms with Crippen LogP contribution >= 0.6 is 0 Å². The number of ether oxygens (including phenoxy) is 2. The molecule has 1 saturated carbocycles. The van der Waals surface area contributed by atoms with Gasteiger partial charge < -0.3 is 35.7 Å². The Morgan fingerprint density at radius 3 is 2.60 bits per heavy atom. The molecular weight excluding hydrogens is 397 g/mol. The van der Waals surface area contributed by atoms with Gasteiger partial charge in [0.25, 0.3) is 0 Å². The van der Waals surface area contributed by atoms with Crippen LogP contribution in [0.2, 0.25) is 6.32 Å². The van der Waals surface area contributed by atoms with Crippen LogP contribution in [0.25, 0.3) is 10.4 Å². The molecule has 1 aliphatic carbocycles. The van der Waals surface area contributed by atoms with Crippen LogP contribution in [0.5, 0.6) is 0 Å². The Kier molecular flexibility index (Phi) is 12.4. The molecule has 170 valence electrons. The zero-order valence-corrected chi connectivity index (χ0v) is 17.1. The van der Waals surface area contributed by atoms with E-state index in [9.17, 15) is 14.7 Å². The predicted octanol–water partition coefficient (Wildman–Crippen LogP) is -0.102. The molecule has 1 amide bonds. The smallest absolute Gasteiger partial charge is 0.451 e. The van der Waals surface area contributed by atoms with Crippen LogP contribution in [-0.4, -0.2) is 79.2 Å². The highest BCUT2D eigenvalue weighted by Gasteiger charge is 2.49. The minimum atomic E-state index is -1.41. The van der Waals surface area contributed by atoms with Gasteiger partial charge in [-0.2, -0.15) is 0 Å². The van der Waals surface area contributed by atoms with E-state index in [0.29, 0.717) is 45.6 Å². The van der Waals surface area contributed by atoms with Crippen molar-refractivity contribution in [3.05, 3.63) is 10.4 Å². The average Bonchev–Trinajstić information content (AvgIpc) is 3.02. The summed E-state index contributed by atoms with van der Waals surface area (Å²) in [6.07, 6.45) is 2.14. The molecule has 0 bridgehead atoms. The van der Waals surface area contributed by atoms with Gasteiger partial charge in [-0.1, -0.05) is 11.5 Å². The Hall–Kier alpha value is -1.89. The Morgan fingerprint density at radius 1 is 1.27 bits per heavy atom. The molecular formula is C17H32BN5O7. The summed E-state index contributed by atoms with van der Waals surface area (Å²) in [7, 11) is -1.41. The van der Waals surface area contributed by atoms with E-state index < -0.39 is 18.6 Å². The minimum absolute atomic E-state index is 0.0514. The molecule has 0 heterocycles. The first-order chi connectivity index (χ1) is 14.3. The van der Waals surface area contributed by atoms with Crippen molar-refractivity contribution in [2.45, 2.75) is 44.0 Å². The second kappa shape index (κ2) is 14.2. The summed E-state index contributed by atoms with van der Waals surface area (Å²) >= 11 is 0. The lowest BCUT2D eigenvalue weighted by molar-refractivity contribution is -0.145. The van der Waals surface area contributed by atoms with Gasteiger partial charge in [-0.05, 0) is 42.9 Å². The lowest BCUT2D eigenvalue weighted by atomic mass is 9.78. The number of nitrogens with zero attached hydrogens (tertiary/aromatic N) is 3. The summed E-state index contributed by atoms with van der Waals surface area (Å²) in [6, 6.07) is 0. The van der Waals surface area contributed by atoms with Crippen molar-refractivity contribution < 1.29 is 34.2 Å². The van der Waals surface area contributed by atoms with Gasteiger partial charge in [-0.25, -0.2) is 0 Å². The van der Waals surface area contributed by atoms with Crippen molar-refractivity contribution in [3.8, 4) is 0 Å². The highest BCUT2D eigenvalue weighted by molar-refractivity contribution is 6.40. The van der Waals surface area contributed by atoms with Crippen molar-refractivity contribution in [1.29, 1.82) is 0 Å². The first kappa shape index (κ1) is 26.2. The van der Waals surface area contributed by atoms with Crippen LogP contribution in [-0.2, 0) is 19.1 Å². The topological polar surface area (TPSA) is 200 Å². The van der Waals surface area contributed by atoms with E-state index in [4.69, 9.17) is 30.8 Å². The molecule has 0 radical (unpaired) electrons. The van der Waals surface area contributed by atoms with E-state index in [1.807, 2.05) is 0 Å². The maximum atomic E-state index is 12.0. The predicted molar refractivity (Wildman–Crippen MR) is 108 cm³/mol. The maximum absolute atomic E-state index is 12.0. The van der Waals surface area contributed by atoms with Crippen LogP contribution in [0.3, 0.4) is 0 Å². The molecule has 3 atom stereocenters. The minimum Gasteiger partial charge on any atom is -0.480 e. The standard InChI is InChI=1S/C17H32BN5O7/c19-17(16(25)26)11-13(10-14(17)2-1-4-18(27)28)12-21-15(24)3-6-29-8-9-30-7-5-22-23-20/h13-14,27-28H,1-12,19H2,(H,21,24)(H,25,26)/t13-,14+,17+/m1/s1. The number of carboxylic acids is 1. The highest BCUT2D eigenvalue weighted by atomic mass is 16.5. The summed E-state index contributed by atoms with van der Waals surface area (Å²) in [5, 5.41) is 33.6. The summed E-state index contributed by atoms with van der Waals surface area (Å²) in [4.78, 5) is 26.2. The fourth-order valence-electron chi connectivity index (χ4n) is 3.66. The lowest BCUT2D eigenvalue weighted by Gasteiger charge is -2.26. The van der Waals surface area contributed by atoms with Crippen molar-refractivity contribution in [1.82, 2.24) is 5.32 Å². The summed E-state index contributed by atoms with van der Waals surface area (Å²) in [5.74, 6) is -1.59. The number of nitrogens with one attached hydrogen (secondary N) is 1. The largest absolute Gasteiger partial charge is 0.480 e. The van der Waals surface area contributed by atoms with Crippen molar-refractivity contribution in [3.63, 3.8) is 0 Å². The van der Waals surface area contributed by atoms with Gasteiger partial charge in [0.2, 0.25) is 5.91 Å². The fraction of sp³-hybridized carbons (Fsp3) is 0.882. The summed E-state index contributed by atoms with van der Waals surface area (Å²) in [6.45, 7) is 1.81. The van der Waals surface area contributed by atoms with Crippen molar-refractivity contribution >= 4 is 19.0 Å². The molecule has 0 aromatic heterocycles. The molecule has 13 heteroatoms. The first-order valence-corrected chi connectivity index (χ1v) is 10.1. The third-order valence-electron chi connectivity index (χ3n) is 5.22. The number of rotatable bonds is 16. The quantitative estimate of drug-likeness (QED) is 0.0735. The summed E-state index contributed by atoms with van der Waals surface area (Å²) in [5.41, 5.74) is 12.9. The second-order valence-electron chi connectivity index (χ2n) is 7.49. The third-order valence-corrected chi connectivity index (χ3v) is 5.22. The zero-order valence-electron chi connectivity index (χ0n) is 17.1. The molecule has 0 aliphatic heterocycles. The zero-order chi connectivity index (χ0) is 22.4. The highest BCUT2D eigenvalue weighted by Crippen LogP contribution is 2.41. The van der Waals surface area contributed by atoms with Crippen molar-refractivity contribution in [2.75, 3.05) is 39.5 Å². The monoisotopic (exact) mass is 429 g/mol. The third kappa shape index (κ3) is 9.74. The van der Waals surface area contributed by atoms with Gasteiger partial charge >= 0.3 is 13.1 Å². The SMILES string of the molecule is [N-]=[N+]=NCCOCCOCCC(=O)NC[C@@H]1C[C@H](CCCB(O)O)[C@](N)(C(=O)O)C1. The van der Waals surface area contributed by atoms with Gasteiger partial charge in [0.05, 0.1) is 26.4 Å². The van der Waals surface area contributed by atoms with E-state index in [0.717, 1.165) is 0 Å². The van der Waals surface area contributed by atoms with Gasteiger partial charge in [-0.15, -0.1) is 0 Å². The second-order valence-corrected chi connectivity index (χ2v) is 7.49. The molecule has 30 heavy (non-hydrogen) atoms. The molecule has 0 aromatic carbocycles. The number of hydrogen-bond acceptors (Lipinski definition) is 8. The number of carboxylic acid groups (broad SMARTS) is 1. The Morgan fingerprint density at radius 2 is 1.97 bits per heavy atom. The molecule has 6 N–H and O–H groups in total. The normalized spacial score (nSPS) is 23.0. The molecule has 0 unspecified atom stereocenters. The van der Waals surface area contributed by atoms with E-state index in [1.165, 1.54) is 0 Å². The number of amides is 1. The number of nitrogens with two attached hydrogens (primary N) is 1. The maximum Gasteiger partial charge on any atom is 0.451 e. The molecule has 0 spiro atoms. The van der Waals surface area contributed by atoms with E-state index in [2.05, 4.69) is 15.3 Å². The van der Waals surface area contributed by atoms with Crippen LogP contribution < -0.4 is 11.1 Å². The van der Waals surface area contributed by atoms with E-state index in [-0.39, 0.29) is 50.1 Å². The van der Waals surface area contributed by atoms with Gasteiger partial charge in [0.15, 0.2) is 0 Å². The molecule has 1 rings (SSSR count). The first-order valence-electron chi connectivity index (χ1n) is 10.1. The van der Waals surface area contributed by atoms with Crippen LogP contribution in [0.1, 0.15) is 32.1 Å². The molecule has 1 aliphatic rings. The molecule has 1 fully saturated rings. The summed E-state index contributed by atoms with van der Waals surface area (Å²) < 4.78 is 10.5. The number of carbonyl (C=O) groups is 2. The number of azide groups is 1. The Labute approximate surface area is 175 Å². The van der Waals surface area contributed by atoms with Gasteiger partial charge in [0, 0.05) is 24.4 Å². The van der Waals surface area contributed by atoms with Crippen LogP contribution in [0.15, 0.2) is 5.11 Å². The number of hydrogen-bond donors (Lipinski definition) is 5. The lowest BCUT2D eigenvalue weighted by Crippen LogP contribution is -2.51. The molecule has 0 aromatic rings. The Balaban J connectivity index is 2.24. The van der Waals surface area contributed by atoms with Gasteiger partial charge in [-0.3, -0.25) is 9.59 Å².